The van der Waals surface area contributed by atoms with Crippen LogP contribution < -0.4 is 0 Å². The molecule has 2 aliphatic heterocycles. The highest BCUT2D eigenvalue weighted by atomic mass is 16.7. The van der Waals surface area contributed by atoms with Gasteiger partial charge in [0.15, 0.2) is 6.29 Å². The number of rotatable bonds is 22. The maximum Gasteiger partial charge on any atom is 0.186 e. The first-order chi connectivity index (χ1) is 17.1. The van der Waals surface area contributed by atoms with Crippen LogP contribution in [0.5, 0.6) is 0 Å². The fourth-order valence-corrected chi connectivity index (χ4v) is 4.80. The normalized spacial score (nSPS) is 28.6. The van der Waals surface area contributed by atoms with Crippen LogP contribution in [0.25, 0.3) is 0 Å². The molecule has 7 nitrogen and oxygen atoms in total. The molecule has 0 aromatic heterocycles. The number of ether oxygens (including phenoxy) is 5. The molecule has 0 spiro atoms. The van der Waals surface area contributed by atoms with E-state index in [0.29, 0.717) is 19.8 Å². The van der Waals surface area contributed by atoms with E-state index in [9.17, 15) is 10.2 Å². The summed E-state index contributed by atoms with van der Waals surface area (Å²) in [5.41, 5.74) is 0. The topological polar surface area (TPSA) is 89.9 Å². The molecule has 35 heavy (non-hydrogen) atoms. The van der Waals surface area contributed by atoms with Crippen molar-refractivity contribution in [3.63, 3.8) is 0 Å². The van der Waals surface area contributed by atoms with Gasteiger partial charge in [-0.3, -0.25) is 0 Å². The van der Waals surface area contributed by atoms with Crippen LogP contribution in [0.2, 0.25) is 0 Å². The van der Waals surface area contributed by atoms with E-state index >= 15 is 0 Å². The maximum atomic E-state index is 10.7. The number of epoxide rings is 1. The summed E-state index contributed by atoms with van der Waals surface area (Å²) in [6.45, 7) is 5.99. The summed E-state index contributed by atoms with van der Waals surface area (Å²) in [5, 5.41) is 20.2. The van der Waals surface area contributed by atoms with Gasteiger partial charge in [-0.2, -0.15) is 0 Å². The molecule has 0 aromatic rings. The molecular weight excluding hydrogens is 448 g/mol. The molecule has 2 aliphatic rings. The van der Waals surface area contributed by atoms with E-state index in [1.165, 1.54) is 84.2 Å². The van der Waals surface area contributed by atoms with Crippen molar-refractivity contribution < 1.29 is 33.9 Å². The van der Waals surface area contributed by atoms with Gasteiger partial charge in [-0.15, -0.1) is 0 Å². The van der Waals surface area contributed by atoms with Gasteiger partial charge in [0.05, 0.1) is 19.8 Å². The average molecular weight is 503 g/mol. The molecule has 2 fully saturated rings. The van der Waals surface area contributed by atoms with Crippen LogP contribution in [0.1, 0.15) is 104 Å². The number of aliphatic hydroxyl groups excluding tert-OH is 2. The van der Waals surface area contributed by atoms with Gasteiger partial charge < -0.3 is 33.9 Å². The molecule has 0 bridgehead atoms. The minimum atomic E-state index is -0.962. The Morgan fingerprint density at radius 1 is 0.800 bits per heavy atom. The molecule has 0 aliphatic carbocycles. The van der Waals surface area contributed by atoms with E-state index in [1.807, 2.05) is 0 Å². The molecule has 6 atom stereocenters. The lowest BCUT2D eigenvalue weighted by Crippen LogP contribution is -2.61. The Kier molecular flexibility index (Phi) is 16.7. The quantitative estimate of drug-likeness (QED) is 0.159. The Morgan fingerprint density at radius 3 is 1.83 bits per heavy atom. The Morgan fingerprint density at radius 2 is 1.34 bits per heavy atom. The van der Waals surface area contributed by atoms with Crippen molar-refractivity contribution in [2.45, 2.75) is 141 Å². The lowest BCUT2D eigenvalue weighted by Gasteiger charge is -2.43. The van der Waals surface area contributed by atoms with Gasteiger partial charge in [0.1, 0.15) is 30.5 Å². The second-order valence-corrected chi connectivity index (χ2v) is 10.8. The predicted octanol–water partition coefficient (Wildman–Crippen LogP) is 5.00. The number of unbranched alkanes of at least 4 members (excludes halogenated alkanes) is 12. The zero-order valence-corrected chi connectivity index (χ0v) is 22.7. The summed E-state index contributed by atoms with van der Waals surface area (Å²) in [7, 11) is 1.53. The van der Waals surface area contributed by atoms with Crippen LogP contribution >= 0.6 is 0 Å². The van der Waals surface area contributed by atoms with Crippen molar-refractivity contribution in [2.24, 2.45) is 5.92 Å². The van der Waals surface area contributed by atoms with Crippen molar-refractivity contribution >= 4 is 0 Å². The first-order valence-corrected chi connectivity index (χ1v) is 14.4. The van der Waals surface area contributed by atoms with Crippen LogP contribution in [0.3, 0.4) is 0 Å². The van der Waals surface area contributed by atoms with E-state index in [-0.39, 0.29) is 12.7 Å². The van der Waals surface area contributed by atoms with E-state index in [0.717, 1.165) is 18.8 Å². The monoisotopic (exact) mass is 502 g/mol. The van der Waals surface area contributed by atoms with Crippen molar-refractivity contribution in [3.05, 3.63) is 0 Å². The number of hydrogen-bond donors (Lipinski definition) is 2. The summed E-state index contributed by atoms with van der Waals surface area (Å²) in [6, 6.07) is 0. The van der Waals surface area contributed by atoms with Crippen LogP contribution in [0, 0.1) is 5.92 Å². The van der Waals surface area contributed by atoms with Crippen LogP contribution in [0.15, 0.2) is 0 Å². The van der Waals surface area contributed by atoms with Crippen molar-refractivity contribution in [1.29, 1.82) is 0 Å². The van der Waals surface area contributed by atoms with Crippen molar-refractivity contribution in [3.8, 4) is 0 Å². The fourth-order valence-electron chi connectivity index (χ4n) is 4.80. The molecule has 2 rings (SSSR count). The SMILES string of the molecule is COC1O[C@H](CO)[C@@H](O)[C@H](OCCCCCCCCCCCCCCCC(C)C)[C@H]1OCC1CO1. The molecule has 2 heterocycles. The van der Waals surface area contributed by atoms with Gasteiger partial charge in [-0.05, 0) is 12.3 Å². The Labute approximate surface area is 214 Å². The molecular formula is C28H54O7. The standard InChI is InChI=1S/C28H54O7/c1-22(2)17-15-13-11-9-7-5-4-6-8-10-12-14-16-18-32-26-25(30)24(19-29)35-28(31-3)27(26)34-21-23-20-33-23/h22-30H,4-21H2,1-3H3/t23?,24-,25-,26+,27-,28?/m1/s1. The van der Waals surface area contributed by atoms with Crippen molar-refractivity contribution in [2.75, 3.05) is 33.5 Å². The zero-order valence-electron chi connectivity index (χ0n) is 22.7. The second-order valence-electron chi connectivity index (χ2n) is 10.8. The first kappa shape index (κ1) is 30.9. The number of aliphatic hydroxyl groups is 2. The number of hydrogen-bond acceptors (Lipinski definition) is 7. The highest BCUT2D eigenvalue weighted by Gasteiger charge is 2.47. The summed E-state index contributed by atoms with van der Waals surface area (Å²) in [5.74, 6) is 0.852. The summed E-state index contributed by atoms with van der Waals surface area (Å²) in [6.07, 6.45) is 15.0. The second kappa shape index (κ2) is 18.9. The van der Waals surface area contributed by atoms with Crippen LogP contribution in [-0.4, -0.2) is 80.6 Å². The molecule has 0 saturated carbocycles. The van der Waals surface area contributed by atoms with E-state index in [4.69, 9.17) is 23.7 Å². The van der Waals surface area contributed by atoms with E-state index in [1.54, 1.807) is 0 Å². The molecule has 0 amide bonds. The van der Waals surface area contributed by atoms with E-state index in [2.05, 4.69) is 13.8 Å². The summed E-state index contributed by atoms with van der Waals surface area (Å²) in [4.78, 5) is 0. The maximum absolute atomic E-state index is 10.7. The Hall–Kier alpha value is -0.280. The highest BCUT2D eigenvalue weighted by Crippen LogP contribution is 2.28. The Balaban J connectivity index is 1.48. The largest absolute Gasteiger partial charge is 0.394 e. The summed E-state index contributed by atoms with van der Waals surface area (Å²) >= 11 is 0. The molecule has 208 valence electrons. The third-order valence-corrected chi connectivity index (χ3v) is 7.14. The zero-order chi connectivity index (χ0) is 25.3. The molecule has 0 aromatic carbocycles. The van der Waals surface area contributed by atoms with Crippen LogP contribution in [-0.2, 0) is 23.7 Å². The van der Waals surface area contributed by atoms with Crippen LogP contribution in [0.4, 0.5) is 0 Å². The van der Waals surface area contributed by atoms with Gasteiger partial charge in [-0.25, -0.2) is 0 Å². The molecule has 2 N–H and O–H groups in total. The molecule has 7 heteroatoms. The molecule has 0 radical (unpaired) electrons. The third kappa shape index (κ3) is 13.2. The highest BCUT2D eigenvalue weighted by molar-refractivity contribution is 4.92. The minimum absolute atomic E-state index is 0.0976. The Bertz CT molecular complexity index is 500. The molecule has 2 saturated heterocycles. The number of methoxy groups -OCH3 is 1. The van der Waals surface area contributed by atoms with Gasteiger partial charge in [0.25, 0.3) is 0 Å². The van der Waals surface area contributed by atoms with Crippen molar-refractivity contribution in [1.82, 2.24) is 0 Å². The minimum Gasteiger partial charge on any atom is -0.394 e. The third-order valence-electron chi connectivity index (χ3n) is 7.14. The van der Waals surface area contributed by atoms with Gasteiger partial charge in [-0.1, -0.05) is 97.3 Å². The average Bonchev–Trinajstić information content (AvgIpc) is 3.67. The van der Waals surface area contributed by atoms with Gasteiger partial charge >= 0.3 is 0 Å². The lowest BCUT2D eigenvalue weighted by atomic mass is 9.98. The first-order valence-electron chi connectivity index (χ1n) is 14.4. The van der Waals surface area contributed by atoms with Gasteiger partial charge in [0.2, 0.25) is 0 Å². The summed E-state index contributed by atoms with van der Waals surface area (Å²) < 4.78 is 28.3. The lowest BCUT2D eigenvalue weighted by molar-refractivity contribution is -0.310. The van der Waals surface area contributed by atoms with E-state index < -0.39 is 30.7 Å². The fraction of sp³-hybridized carbons (Fsp3) is 1.00. The predicted molar refractivity (Wildman–Crippen MR) is 137 cm³/mol. The van der Waals surface area contributed by atoms with Gasteiger partial charge in [0, 0.05) is 13.7 Å². The smallest absolute Gasteiger partial charge is 0.186 e. The molecule has 2 unspecified atom stereocenters.